The first kappa shape index (κ1) is 13.5. The zero-order chi connectivity index (χ0) is 8.97. The summed E-state index contributed by atoms with van der Waals surface area (Å²) < 4.78 is 1.07. The molecule has 1 aliphatic rings. The molecule has 1 fully saturated rings. The number of likely N-dealkylation sites (N-methyl/N-ethyl adjacent to an activating group) is 1. The number of thiocarbonyl (C=S) groups is 1. The van der Waals surface area contributed by atoms with Crippen molar-refractivity contribution in [3.63, 3.8) is 0 Å². The van der Waals surface area contributed by atoms with Gasteiger partial charge in [0.15, 0.2) is 0 Å². The van der Waals surface area contributed by atoms with Crippen LogP contribution in [-0.4, -0.2) is 53.1 Å². The van der Waals surface area contributed by atoms with Gasteiger partial charge >= 0.3 is 0 Å². The quantitative estimate of drug-likeness (QED) is 0.644. The van der Waals surface area contributed by atoms with Gasteiger partial charge in [0.1, 0.15) is 4.32 Å². The molecule has 0 saturated carbocycles. The highest BCUT2D eigenvalue weighted by atomic mass is 35.5. The van der Waals surface area contributed by atoms with Crippen LogP contribution in [0.25, 0.3) is 0 Å². The molecule has 2 nitrogen and oxygen atoms in total. The topological polar surface area (TPSA) is 6.48 Å². The van der Waals surface area contributed by atoms with Crippen molar-refractivity contribution in [2.24, 2.45) is 0 Å². The molecule has 1 saturated heterocycles. The smallest absolute Gasteiger partial charge is 0.136 e. The van der Waals surface area contributed by atoms with Crippen molar-refractivity contribution in [3.05, 3.63) is 0 Å². The second-order valence-corrected chi connectivity index (χ2v) is 4.89. The number of rotatable bonds is 1. The van der Waals surface area contributed by atoms with Gasteiger partial charge in [0.05, 0.1) is 0 Å². The van der Waals surface area contributed by atoms with Crippen molar-refractivity contribution >= 4 is 40.7 Å². The number of hydrogen-bond donors (Lipinski definition) is 0. The van der Waals surface area contributed by atoms with Crippen molar-refractivity contribution in [3.8, 4) is 0 Å². The molecule has 0 spiro atoms. The normalized spacial score (nSPS) is 18.2. The summed E-state index contributed by atoms with van der Waals surface area (Å²) in [6, 6.07) is 0. The maximum absolute atomic E-state index is 5.28. The van der Waals surface area contributed by atoms with Gasteiger partial charge in [-0.15, -0.1) is 12.4 Å². The lowest BCUT2D eigenvalue weighted by Gasteiger charge is -2.33. The van der Waals surface area contributed by atoms with Crippen LogP contribution in [0.5, 0.6) is 0 Å². The summed E-state index contributed by atoms with van der Waals surface area (Å²) in [6.45, 7) is 6.63. The maximum atomic E-state index is 5.28. The van der Waals surface area contributed by atoms with Crippen molar-refractivity contribution in [1.82, 2.24) is 9.80 Å². The van der Waals surface area contributed by atoms with E-state index in [1.807, 2.05) is 0 Å². The van der Waals surface area contributed by atoms with Crippen LogP contribution in [-0.2, 0) is 0 Å². The molecule has 1 aliphatic heterocycles. The van der Waals surface area contributed by atoms with Gasteiger partial charge in [-0.25, -0.2) is 0 Å². The van der Waals surface area contributed by atoms with Gasteiger partial charge in [-0.05, 0) is 12.8 Å². The molecule has 0 N–H and O–H groups in total. The Labute approximate surface area is 96.4 Å². The molecule has 0 aromatic carbocycles. The minimum absolute atomic E-state index is 0. The van der Waals surface area contributed by atoms with Gasteiger partial charge in [-0.2, -0.15) is 0 Å². The molecule has 0 atom stereocenters. The molecule has 0 amide bonds. The highest BCUT2D eigenvalue weighted by Gasteiger charge is 2.15. The molecule has 0 aromatic rings. The highest BCUT2D eigenvalue weighted by molar-refractivity contribution is 8.22. The summed E-state index contributed by atoms with van der Waals surface area (Å²) in [5, 5.41) is 0. The molecule has 0 bridgehead atoms. The average Bonchev–Trinajstić information content (AvgIpc) is 2.06. The van der Waals surface area contributed by atoms with Crippen molar-refractivity contribution < 1.29 is 0 Å². The Morgan fingerprint density at radius 3 is 2.31 bits per heavy atom. The fraction of sp³-hybridized carbons (Fsp3) is 0.875. The van der Waals surface area contributed by atoms with Gasteiger partial charge in [0.2, 0.25) is 0 Å². The van der Waals surface area contributed by atoms with Crippen LogP contribution in [0.4, 0.5) is 0 Å². The van der Waals surface area contributed by atoms with E-state index in [0.29, 0.717) is 0 Å². The van der Waals surface area contributed by atoms with E-state index in [0.717, 1.165) is 36.3 Å². The molecule has 1 heterocycles. The van der Waals surface area contributed by atoms with Crippen LogP contribution < -0.4 is 0 Å². The summed E-state index contributed by atoms with van der Waals surface area (Å²) in [6.07, 6.45) is 0. The van der Waals surface area contributed by atoms with Gasteiger partial charge in [0.25, 0.3) is 0 Å². The van der Waals surface area contributed by atoms with Gasteiger partial charge < -0.3 is 9.80 Å². The molecular weight excluding hydrogens is 224 g/mol. The maximum Gasteiger partial charge on any atom is 0.136 e. The predicted octanol–water partition coefficient (Wildman–Crippen LogP) is 1.69. The van der Waals surface area contributed by atoms with Gasteiger partial charge in [-0.3, -0.25) is 0 Å². The number of hydrogen-bond acceptors (Lipinski definition) is 3. The lowest BCUT2D eigenvalue weighted by atomic mass is 10.4. The summed E-state index contributed by atoms with van der Waals surface area (Å²) in [4.78, 5) is 4.65. The standard InChI is InChI=1S/C8H16N2S2.ClH/c1-3-12-8(11)10-6-4-9(2)5-7-10;/h3-7H2,1-2H3;1H. The molecule has 0 aromatic heterocycles. The molecule has 1 rings (SSSR count). The lowest BCUT2D eigenvalue weighted by molar-refractivity contribution is 0.220. The van der Waals surface area contributed by atoms with E-state index in [-0.39, 0.29) is 12.4 Å². The lowest BCUT2D eigenvalue weighted by Crippen LogP contribution is -2.45. The van der Waals surface area contributed by atoms with Crippen molar-refractivity contribution in [2.75, 3.05) is 39.0 Å². The Kier molecular flexibility index (Phi) is 7.13. The van der Waals surface area contributed by atoms with Crippen LogP contribution in [0, 0.1) is 0 Å². The number of nitrogens with zero attached hydrogens (tertiary/aromatic N) is 2. The van der Waals surface area contributed by atoms with E-state index >= 15 is 0 Å². The monoisotopic (exact) mass is 240 g/mol. The molecule has 0 unspecified atom stereocenters. The summed E-state index contributed by atoms with van der Waals surface area (Å²) in [5.74, 6) is 1.09. The first-order valence-corrected chi connectivity index (χ1v) is 5.73. The van der Waals surface area contributed by atoms with Crippen LogP contribution in [0.2, 0.25) is 0 Å². The van der Waals surface area contributed by atoms with Gasteiger partial charge in [-0.1, -0.05) is 30.9 Å². The average molecular weight is 241 g/mol. The van der Waals surface area contributed by atoms with Gasteiger partial charge in [0, 0.05) is 26.2 Å². The van der Waals surface area contributed by atoms with Crippen LogP contribution >= 0.6 is 36.4 Å². The fourth-order valence-electron chi connectivity index (χ4n) is 1.20. The molecule has 0 radical (unpaired) electrons. The summed E-state index contributed by atoms with van der Waals surface area (Å²) in [5.41, 5.74) is 0. The molecule has 78 valence electrons. The first-order chi connectivity index (χ1) is 5.74. The zero-order valence-electron chi connectivity index (χ0n) is 8.15. The van der Waals surface area contributed by atoms with E-state index in [4.69, 9.17) is 12.2 Å². The Bertz CT molecular complexity index is 158. The second kappa shape index (κ2) is 6.87. The highest BCUT2D eigenvalue weighted by Crippen LogP contribution is 2.10. The Morgan fingerprint density at radius 1 is 1.31 bits per heavy atom. The fourth-order valence-corrected chi connectivity index (χ4v) is 2.35. The van der Waals surface area contributed by atoms with E-state index in [2.05, 4.69) is 23.8 Å². The van der Waals surface area contributed by atoms with Crippen LogP contribution in [0.3, 0.4) is 0 Å². The minimum Gasteiger partial charge on any atom is -0.355 e. The van der Waals surface area contributed by atoms with E-state index < -0.39 is 0 Å². The molecular formula is C8H17ClN2S2. The van der Waals surface area contributed by atoms with Crippen LogP contribution in [0.1, 0.15) is 6.92 Å². The second-order valence-electron chi connectivity index (χ2n) is 2.99. The SMILES string of the molecule is CCSC(=S)N1CCN(C)CC1.Cl. The Balaban J connectivity index is 0.00000144. The minimum atomic E-state index is 0. The predicted molar refractivity (Wildman–Crippen MR) is 67.0 cm³/mol. The third-order valence-corrected chi connectivity index (χ3v) is 3.43. The van der Waals surface area contributed by atoms with Crippen LogP contribution in [0.15, 0.2) is 0 Å². The number of piperazine rings is 1. The molecule has 0 aliphatic carbocycles. The summed E-state index contributed by atoms with van der Waals surface area (Å²) in [7, 11) is 2.16. The Morgan fingerprint density at radius 2 is 1.85 bits per heavy atom. The van der Waals surface area contributed by atoms with E-state index in [1.165, 1.54) is 0 Å². The number of halogens is 1. The van der Waals surface area contributed by atoms with E-state index in [1.54, 1.807) is 11.8 Å². The Hall–Kier alpha value is 0.490. The number of thioether (sulfide) groups is 1. The first-order valence-electron chi connectivity index (χ1n) is 4.34. The molecule has 13 heavy (non-hydrogen) atoms. The third-order valence-electron chi connectivity index (χ3n) is 2.03. The van der Waals surface area contributed by atoms with Crippen molar-refractivity contribution in [1.29, 1.82) is 0 Å². The third kappa shape index (κ3) is 4.49. The zero-order valence-corrected chi connectivity index (χ0v) is 10.6. The summed E-state index contributed by atoms with van der Waals surface area (Å²) >= 11 is 7.06. The largest absolute Gasteiger partial charge is 0.355 e. The van der Waals surface area contributed by atoms with Crippen molar-refractivity contribution in [2.45, 2.75) is 6.92 Å². The molecule has 5 heteroatoms. The van der Waals surface area contributed by atoms with E-state index in [9.17, 15) is 0 Å².